The van der Waals surface area contributed by atoms with E-state index in [1.54, 1.807) is 0 Å². The summed E-state index contributed by atoms with van der Waals surface area (Å²) in [4.78, 5) is 22.8. The van der Waals surface area contributed by atoms with Crippen LogP contribution in [-0.2, 0) is 9.59 Å². The molecule has 1 atom stereocenters. The number of halogens is 3. The van der Waals surface area contributed by atoms with Crippen LogP contribution in [0.4, 0.5) is 14.5 Å². The highest BCUT2D eigenvalue weighted by Crippen LogP contribution is 2.24. The number of carbonyl (C=O) groups excluding carboxylic acids is 2. The van der Waals surface area contributed by atoms with Crippen molar-refractivity contribution < 1.29 is 23.5 Å². The number of carbonyl (C=O) groups is 2. The summed E-state index contributed by atoms with van der Waals surface area (Å²) >= 11 is 5.59. The van der Waals surface area contributed by atoms with Gasteiger partial charge in [-0.3, -0.25) is 9.59 Å². The van der Waals surface area contributed by atoms with Crippen LogP contribution in [0.15, 0.2) is 12.1 Å². The van der Waals surface area contributed by atoms with Gasteiger partial charge in [-0.25, -0.2) is 8.78 Å². The Bertz CT molecular complexity index is 511. The number of hydrogen-bond acceptors (Lipinski definition) is 3. The van der Waals surface area contributed by atoms with Gasteiger partial charge in [-0.05, 0) is 13.0 Å². The molecule has 104 valence electrons. The molecule has 1 rings (SSSR count). The maximum Gasteiger partial charge on any atom is 0.313 e. The minimum atomic E-state index is -1.20. The van der Waals surface area contributed by atoms with Gasteiger partial charge in [-0.1, -0.05) is 11.6 Å². The summed E-state index contributed by atoms with van der Waals surface area (Å²) in [6.45, 7) is 1.14. The van der Waals surface area contributed by atoms with Crippen molar-refractivity contribution in [3.63, 3.8) is 0 Å². The summed E-state index contributed by atoms with van der Waals surface area (Å²) in [5.41, 5.74) is -0.225. The van der Waals surface area contributed by atoms with E-state index < -0.39 is 29.5 Å². The molecule has 0 bridgehead atoms. The molecule has 1 aromatic rings. The summed E-state index contributed by atoms with van der Waals surface area (Å²) in [6.07, 6.45) is 0. The Morgan fingerprint density at radius 2 is 1.89 bits per heavy atom. The topological polar surface area (TPSA) is 78.4 Å². The maximum atomic E-state index is 13.0. The number of anilines is 1. The first-order valence-corrected chi connectivity index (χ1v) is 5.60. The van der Waals surface area contributed by atoms with Crippen LogP contribution in [-0.4, -0.2) is 29.6 Å². The van der Waals surface area contributed by atoms with Gasteiger partial charge in [-0.15, -0.1) is 0 Å². The molecule has 0 heterocycles. The van der Waals surface area contributed by atoms with Crippen LogP contribution in [0.2, 0.25) is 5.02 Å². The SMILES string of the molecule is CC(CO)NC(=O)C(=O)Nc1cc(F)c(F)cc1Cl. The quantitative estimate of drug-likeness (QED) is 0.576. The molecule has 0 aliphatic heterocycles. The van der Waals surface area contributed by atoms with Crippen molar-refractivity contribution in [2.45, 2.75) is 13.0 Å². The monoisotopic (exact) mass is 292 g/mol. The van der Waals surface area contributed by atoms with Crippen molar-refractivity contribution >= 4 is 29.1 Å². The predicted octanol–water partition coefficient (Wildman–Crippen LogP) is 1.05. The van der Waals surface area contributed by atoms with Gasteiger partial charge in [0.1, 0.15) is 0 Å². The van der Waals surface area contributed by atoms with Crippen LogP contribution in [0.3, 0.4) is 0 Å². The van der Waals surface area contributed by atoms with Gasteiger partial charge < -0.3 is 15.7 Å². The van der Waals surface area contributed by atoms with E-state index in [1.165, 1.54) is 6.92 Å². The average molecular weight is 293 g/mol. The summed E-state index contributed by atoms with van der Waals surface area (Å²) in [7, 11) is 0. The van der Waals surface area contributed by atoms with Crippen molar-refractivity contribution in [2.24, 2.45) is 0 Å². The third-order valence-corrected chi connectivity index (χ3v) is 2.43. The molecule has 19 heavy (non-hydrogen) atoms. The molecule has 0 spiro atoms. The predicted molar refractivity (Wildman–Crippen MR) is 64.7 cm³/mol. The molecular formula is C11H11ClF2N2O3. The number of nitrogens with one attached hydrogen (secondary N) is 2. The highest BCUT2D eigenvalue weighted by Gasteiger charge is 2.18. The molecule has 2 amide bonds. The van der Waals surface area contributed by atoms with Crippen LogP contribution in [0, 0.1) is 11.6 Å². The molecule has 3 N–H and O–H groups in total. The van der Waals surface area contributed by atoms with E-state index in [4.69, 9.17) is 16.7 Å². The molecule has 0 fully saturated rings. The molecule has 0 saturated carbocycles. The van der Waals surface area contributed by atoms with Crippen molar-refractivity contribution in [3.8, 4) is 0 Å². The van der Waals surface area contributed by atoms with Crippen molar-refractivity contribution in [2.75, 3.05) is 11.9 Å². The van der Waals surface area contributed by atoms with Crippen LogP contribution >= 0.6 is 11.6 Å². The first-order valence-electron chi connectivity index (χ1n) is 5.22. The van der Waals surface area contributed by atoms with E-state index in [0.29, 0.717) is 12.1 Å². The zero-order valence-corrected chi connectivity index (χ0v) is 10.6. The highest BCUT2D eigenvalue weighted by molar-refractivity contribution is 6.41. The van der Waals surface area contributed by atoms with Crippen LogP contribution in [0.25, 0.3) is 0 Å². The summed E-state index contributed by atoms with van der Waals surface area (Å²) in [5, 5.41) is 12.7. The molecular weight excluding hydrogens is 282 g/mol. The van der Waals surface area contributed by atoms with Gasteiger partial charge in [-0.2, -0.15) is 0 Å². The van der Waals surface area contributed by atoms with Crippen molar-refractivity contribution in [1.82, 2.24) is 5.32 Å². The first-order chi connectivity index (χ1) is 8.85. The molecule has 8 heteroatoms. The lowest BCUT2D eigenvalue weighted by atomic mass is 10.3. The lowest BCUT2D eigenvalue weighted by Gasteiger charge is -2.11. The maximum absolute atomic E-state index is 13.0. The number of benzene rings is 1. The fourth-order valence-corrected chi connectivity index (χ4v) is 1.33. The van der Waals surface area contributed by atoms with Crippen LogP contribution in [0.5, 0.6) is 0 Å². The second-order valence-electron chi connectivity index (χ2n) is 3.76. The van der Waals surface area contributed by atoms with Crippen LogP contribution < -0.4 is 10.6 Å². The number of aliphatic hydroxyl groups is 1. The third-order valence-electron chi connectivity index (χ3n) is 2.12. The van der Waals surface area contributed by atoms with Crippen LogP contribution in [0.1, 0.15) is 6.92 Å². The number of amides is 2. The Kier molecular flexibility index (Phi) is 5.20. The van der Waals surface area contributed by atoms with E-state index in [9.17, 15) is 18.4 Å². The Morgan fingerprint density at radius 3 is 2.47 bits per heavy atom. The Labute approximate surface area is 112 Å². The fourth-order valence-electron chi connectivity index (χ4n) is 1.13. The van der Waals surface area contributed by atoms with Gasteiger partial charge >= 0.3 is 11.8 Å². The number of rotatable bonds is 3. The molecule has 0 aliphatic rings. The fraction of sp³-hybridized carbons (Fsp3) is 0.273. The van der Waals surface area contributed by atoms with Gasteiger partial charge in [0.25, 0.3) is 0 Å². The number of aliphatic hydroxyl groups excluding tert-OH is 1. The standard InChI is InChI=1S/C11H11ClF2N2O3/c1-5(4-17)15-10(18)11(19)16-9-3-8(14)7(13)2-6(9)12/h2-3,5,17H,4H2,1H3,(H,15,18)(H,16,19). The van der Waals surface area contributed by atoms with E-state index in [2.05, 4.69) is 5.32 Å². The second kappa shape index (κ2) is 6.44. The minimum absolute atomic E-state index is 0.225. The Morgan fingerprint density at radius 1 is 1.32 bits per heavy atom. The van der Waals surface area contributed by atoms with Crippen molar-refractivity contribution in [3.05, 3.63) is 28.8 Å². The number of hydrogen-bond donors (Lipinski definition) is 3. The smallest absolute Gasteiger partial charge is 0.313 e. The van der Waals surface area contributed by atoms with Gasteiger partial charge in [0.05, 0.1) is 17.3 Å². The molecule has 0 radical (unpaired) electrons. The molecule has 1 unspecified atom stereocenters. The zero-order valence-electron chi connectivity index (χ0n) is 9.84. The van der Waals surface area contributed by atoms with Gasteiger partial charge in [0.2, 0.25) is 0 Å². The third kappa shape index (κ3) is 4.15. The highest BCUT2D eigenvalue weighted by atomic mass is 35.5. The molecule has 1 aromatic carbocycles. The van der Waals surface area contributed by atoms with E-state index in [1.807, 2.05) is 5.32 Å². The lowest BCUT2D eigenvalue weighted by molar-refractivity contribution is -0.136. The Balaban J connectivity index is 2.77. The largest absolute Gasteiger partial charge is 0.394 e. The first kappa shape index (κ1) is 15.3. The summed E-state index contributed by atoms with van der Waals surface area (Å²) < 4.78 is 25.8. The lowest BCUT2D eigenvalue weighted by Crippen LogP contribution is -2.42. The zero-order chi connectivity index (χ0) is 14.6. The molecule has 0 aromatic heterocycles. The Hall–Kier alpha value is -1.73. The molecule has 5 nitrogen and oxygen atoms in total. The summed E-state index contributed by atoms with van der Waals surface area (Å²) in [6, 6.07) is 0.734. The molecule has 0 aliphatic carbocycles. The summed E-state index contributed by atoms with van der Waals surface area (Å²) in [5.74, 6) is -4.50. The van der Waals surface area contributed by atoms with E-state index in [-0.39, 0.29) is 17.3 Å². The van der Waals surface area contributed by atoms with Gasteiger partial charge in [0.15, 0.2) is 11.6 Å². The average Bonchev–Trinajstić information content (AvgIpc) is 2.35. The second-order valence-corrected chi connectivity index (χ2v) is 4.16. The van der Waals surface area contributed by atoms with E-state index >= 15 is 0 Å². The van der Waals surface area contributed by atoms with Crippen molar-refractivity contribution in [1.29, 1.82) is 0 Å². The molecule has 0 saturated heterocycles. The van der Waals surface area contributed by atoms with E-state index in [0.717, 1.165) is 0 Å². The normalized spacial score (nSPS) is 11.8. The van der Waals surface area contributed by atoms with Gasteiger partial charge in [0, 0.05) is 12.1 Å². The minimum Gasteiger partial charge on any atom is -0.394 e.